The molecule has 0 bridgehead atoms. The van der Waals surface area contributed by atoms with Crippen molar-refractivity contribution in [2.75, 3.05) is 26.3 Å². The number of nitrogens with zero attached hydrogens (tertiary/aromatic N) is 3. The summed E-state index contributed by atoms with van der Waals surface area (Å²) >= 11 is 6.25. The Balaban J connectivity index is 1.54. The summed E-state index contributed by atoms with van der Waals surface area (Å²) in [6, 6.07) is 17.0. The Hall–Kier alpha value is -3.13. The molecule has 0 atom stereocenters. The number of aryl methyl sites for hydroxylation is 1. The Bertz CT molecular complexity index is 1410. The predicted octanol–water partition coefficient (Wildman–Crippen LogP) is 3.23. The van der Waals surface area contributed by atoms with E-state index in [9.17, 15) is 9.59 Å². The van der Waals surface area contributed by atoms with Crippen LogP contribution in [0.4, 0.5) is 0 Å². The Morgan fingerprint density at radius 1 is 0.970 bits per heavy atom. The Morgan fingerprint density at radius 3 is 2.36 bits per heavy atom. The van der Waals surface area contributed by atoms with Gasteiger partial charge in [0.25, 0.3) is 11.1 Å². The van der Waals surface area contributed by atoms with E-state index in [0.29, 0.717) is 28.2 Å². The van der Waals surface area contributed by atoms with Gasteiger partial charge in [-0.15, -0.1) is 0 Å². The quantitative estimate of drug-likeness (QED) is 0.492. The van der Waals surface area contributed by atoms with Crippen LogP contribution in [-0.2, 0) is 24.9 Å². The SMILES string of the molecule is Cn1[nH]c2cc(=O)n(Cc3ccc(CN4CCOCC4)cc3)c(-c3cccc(Cl)c3)c2c1=O. The van der Waals surface area contributed by atoms with Gasteiger partial charge in [-0.25, -0.2) is 0 Å². The molecule has 1 N–H and O–H groups in total. The maximum atomic E-state index is 13.1. The molecule has 170 valence electrons. The van der Waals surface area contributed by atoms with Crippen LogP contribution in [0.25, 0.3) is 22.2 Å². The van der Waals surface area contributed by atoms with Crippen LogP contribution in [0.2, 0.25) is 5.02 Å². The average Bonchev–Trinajstić information content (AvgIpc) is 3.09. The van der Waals surface area contributed by atoms with Crippen molar-refractivity contribution in [2.24, 2.45) is 7.05 Å². The molecule has 1 aliphatic heterocycles. The number of aromatic amines is 1. The van der Waals surface area contributed by atoms with Crippen LogP contribution in [-0.4, -0.2) is 45.6 Å². The first-order valence-corrected chi connectivity index (χ1v) is 11.3. The van der Waals surface area contributed by atoms with Crippen molar-refractivity contribution in [1.29, 1.82) is 0 Å². The van der Waals surface area contributed by atoms with Gasteiger partial charge in [-0.1, -0.05) is 48.0 Å². The van der Waals surface area contributed by atoms with Crippen LogP contribution in [0.15, 0.2) is 64.2 Å². The second kappa shape index (κ2) is 9.02. The van der Waals surface area contributed by atoms with Crippen molar-refractivity contribution in [3.63, 3.8) is 0 Å². The van der Waals surface area contributed by atoms with Crippen molar-refractivity contribution < 1.29 is 4.74 Å². The van der Waals surface area contributed by atoms with Crippen LogP contribution >= 0.6 is 11.6 Å². The molecule has 0 amide bonds. The number of hydrogen-bond donors (Lipinski definition) is 1. The minimum Gasteiger partial charge on any atom is -0.379 e. The molecule has 4 aromatic rings. The number of pyridine rings is 1. The molecule has 0 unspecified atom stereocenters. The first-order valence-electron chi connectivity index (χ1n) is 11.0. The Morgan fingerprint density at radius 2 is 1.67 bits per heavy atom. The van der Waals surface area contributed by atoms with E-state index in [4.69, 9.17) is 16.3 Å². The van der Waals surface area contributed by atoms with E-state index in [1.165, 1.54) is 16.3 Å². The molecule has 0 radical (unpaired) electrons. The Kier molecular flexibility index (Phi) is 5.93. The van der Waals surface area contributed by atoms with E-state index in [1.807, 2.05) is 24.3 Å². The molecule has 2 aromatic carbocycles. The zero-order valence-corrected chi connectivity index (χ0v) is 19.1. The maximum Gasteiger partial charge on any atom is 0.276 e. The molecule has 8 heteroatoms. The monoisotopic (exact) mass is 464 g/mol. The number of morpholine rings is 1. The second-order valence-electron chi connectivity index (χ2n) is 8.40. The number of nitrogens with one attached hydrogen (secondary N) is 1. The first-order chi connectivity index (χ1) is 16.0. The van der Waals surface area contributed by atoms with Gasteiger partial charge in [0.15, 0.2) is 0 Å². The van der Waals surface area contributed by atoms with Crippen LogP contribution in [0, 0.1) is 0 Å². The molecule has 2 aromatic heterocycles. The van der Waals surface area contributed by atoms with Gasteiger partial charge in [0.2, 0.25) is 0 Å². The highest BCUT2D eigenvalue weighted by Crippen LogP contribution is 2.27. The molecule has 5 rings (SSSR count). The minimum atomic E-state index is -0.186. The number of benzene rings is 2. The number of rotatable bonds is 5. The maximum absolute atomic E-state index is 13.1. The van der Waals surface area contributed by atoms with E-state index in [2.05, 4.69) is 22.1 Å². The predicted molar refractivity (Wildman–Crippen MR) is 130 cm³/mol. The van der Waals surface area contributed by atoms with Gasteiger partial charge in [-0.2, -0.15) is 0 Å². The van der Waals surface area contributed by atoms with E-state index < -0.39 is 0 Å². The largest absolute Gasteiger partial charge is 0.379 e. The van der Waals surface area contributed by atoms with Crippen LogP contribution in [0.1, 0.15) is 11.1 Å². The topological polar surface area (TPSA) is 72.3 Å². The Labute approximate surface area is 195 Å². The molecular weight excluding hydrogens is 440 g/mol. The fourth-order valence-corrected chi connectivity index (χ4v) is 4.58. The van der Waals surface area contributed by atoms with Gasteiger partial charge in [0, 0.05) is 43.3 Å². The molecule has 1 fully saturated rings. The molecule has 7 nitrogen and oxygen atoms in total. The smallest absolute Gasteiger partial charge is 0.276 e. The highest BCUT2D eigenvalue weighted by atomic mass is 35.5. The van der Waals surface area contributed by atoms with Gasteiger partial charge < -0.3 is 9.30 Å². The van der Waals surface area contributed by atoms with Crippen molar-refractivity contribution in [3.8, 4) is 11.3 Å². The summed E-state index contributed by atoms with van der Waals surface area (Å²) in [6.45, 7) is 4.64. The summed E-state index contributed by atoms with van der Waals surface area (Å²) in [6.07, 6.45) is 0. The van der Waals surface area contributed by atoms with Gasteiger partial charge in [-0.05, 0) is 23.3 Å². The summed E-state index contributed by atoms with van der Waals surface area (Å²) in [4.78, 5) is 28.4. The number of halogens is 1. The summed E-state index contributed by atoms with van der Waals surface area (Å²) < 4.78 is 8.47. The summed E-state index contributed by atoms with van der Waals surface area (Å²) in [7, 11) is 1.64. The molecule has 1 saturated heterocycles. The lowest BCUT2D eigenvalue weighted by molar-refractivity contribution is 0.0342. The number of hydrogen-bond acceptors (Lipinski definition) is 4. The molecule has 3 heterocycles. The van der Waals surface area contributed by atoms with Crippen molar-refractivity contribution in [2.45, 2.75) is 13.1 Å². The lowest BCUT2D eigenvalue weighted by Crippen LogP contribution is -2.35. The molecular formula is C25H25ClN4O3. The number of aromatic nitrogens is 3. The summed E-state index contributed by atoms with van der Waals surface area (Å²) in [5.74, 6) is 0. The molecule has 33 heavy (non-hydrogen) atoms. The highest BCUT2D eigenvalue weighted by Gasteiger charge is 2.18. The molecule has 1 aliphatic rings. The van der Waals surface area contributed by atoms with E-state index in [0.717, 1.165) is 44.0 Å². The third-order valence-electron chi connectivity index (χ3n) is 6.09. The fourth-order valence-electron chi connectivity index (χ4n) is 4.39. The summed E-state index contributed by atoms with van der Waals surface area (Å²) in [5, 5.41) is 3.99. The van der Waals surface area contributed by atoms with Crippen LogP contribution < -0.4 is 11.1 Å². The third kappa shape index (κ3) is 4.39. The van der Waals surface area contributed by atoms with Crippen molar-refractivity contribution in [1.82, 2.24) is 19.2 Å². The van der Waals surface area contributed by atoms with E-state index in [1.54, 1.807) is 23.7 Å². The minimum absolute atomic E-state index is 0.184. The van der Waals surface area contributed by atoms with Gasteiger partial charge in [0.1, 0.15) is 0 Å². The van der Waals surface area contributed by atoms with Crippen LogP contribution in [0.5, 0.6) is 0 Å². The lowest BCUT2D eigenvalue weighted by Gasteiger charge is -2.26. The standard InChI is InChI=1S/C25H25ClN4O3/c1-28-25(32)23-21(27-28)14-22(31)30(24(23)19-3-2-4-20(26)13-19)16-18-7-5-17(6-8-18)15-29-9-11-33-12-10-29/h2-8,13-14,27H,9-12,15-16H2,1H3. The van der Waals surface area contributed by atoms with E-state index >= 15 is 0 Å². The van der Waals surface area contributed by atoms with Crippen molar-refractivity contribution in [3.05, 3.63) is 91.5 Å². The third-order valence-corrected chi connectivity index (χ3v) is 6.32. The summed E-state index contributed by atoms with van der Waals surface area (Å²) in [5.41, 5.74) is 3.65. The van der Waals surface area contributed by atoms with Gasteiger partial charge in [0.05, 0.1) is 36.4 Å². The number of fused-ring (bicyclic) bond motifs is 1. The zero-order valence-electron chi connectivity index (χ0n) is 18.4. The van der Waals surface area contributed by atoms with Crippen molar-refractivity contribution >= 4 is 22.5 Å². The molecule has 0 saturated carbocycles. The molecule has 0 aliphatic carbocycles. The second-order valence-corrected chi connectivity index (χ2v) is 8.83. The van der Waals surface area contributed by atoms with Gasteiger partial charge >= 0.3 is 0 Å². The van der Waals surface area contributed by atoms with Gasteiger partial charge in [-0.3, -0.25) is 24.3 Å². The molecule has 0 spiro atoms. The highest BCUT2D eigenvalue weighted by molar-refractivity contribution is 6.30. The van der Waals surface area contributed by atoms with E-state index in [-0.39, 0.29) is 11.1 Å². The zero-order chi connectivity index (χ0) is 22.9. The first kappa shape index (κ1) is 21.7. The average molecular weight is 465 g/mol. The number of ether oxygens (including phenoxy) is 1. The normalized spacial score (nSPS) is 14.7. The lowest BCUT2D eigenvalue weighted by atomic mass is 10.1. The number of H-pyrrole nitrogens is 1. The van der Waals surface area contributed by atoms with Crippen LogP contribution in [0.3, 0.4) is 0 Å². The fraction of sp³-hybridized carbons (Fsp3) is 0.280.